The van der Waals surface area contributed by atoms with Crippen LogP contribution in [0, 0.1) is 0 Å². The standard InChI is InChI=1S/C7H14ClNO2S/c1-2-12(10,11)7-6-9-5-3-4-8/h3-4,9H,2,5-7H2,1H3/b4-3+. The molecule has 3 nitrogen and oxygen atoms in total. The summed E-state index contributed by atoms with van der Waals surface area (Å²) in [6.07, 6.45) is 1.72. The highest BCUT2D eigenvalue weighted by Crippen LogP contribution is 1.86. The fourth-order valence-corrected chi connectivity index (χ4v) is 1.44. The Morgan fingerprint density at radius 1 is 1.50 bits per heavy atom. The molecule has 0 atom stereocenters. The average Bonchev–Trinajstić information content (AvgIpc) is 2.04. The van der Waals surface area contributed by atoms with E-state index in [0.29, 0.717) is 13.1 Å². The zero-order chi connectivity index (χ0) is 9.45. The van der Waals surface area contributed by atoms with Gasteiger partial charge in [0.2, 0.25) is 0 Å². The highest BCUT2D eigenvalue weighted by molar-refractivity contribution is 7.91. The molecular weight excluding hydrogens is 198 g/mol. The molecule has 0 bridgehead atoms. The molecule has 0 aliphatic carbocycles. The van der Waals surface area contributed by atoms with Crippen LogP contribution in [0.4, 0.5) is 0 Å². The van der Waals surface area contributed by atoms with E-state index in [1.165, 1.54) is 5.54 Å². The Morgan fingerprint density at radius 3 is 2.67 bits per heavy atom. The monoisotopic (exact) mass is 211 g/mol. The van der Waals surface area contributed by atoms with Crippen LogP contribution in [0.25, 0.3) is 0 Å². The lowest BCUT2D eigenvalue weighted by atomic mass is 10.6. The van der Waals surface area contributed by atoms with E-state index in [1.54, 1.807) is 13.0 Å². The van der Waals surface area contributed by atoms with Crippen LogP contribution in [0.2, 0.25) is 0 Å². The smallest absolute Gasteiger partial charge is 0.151 e. The number of hydrogen-bond acceptors (Lipinski definition) is 3. The van der Waals surface area contributed by atoms with Crippen LogP contribution in [0.15, 0.2) is 11.6 Å². The summed E-state index contributed by atoms with van der Waals surface area (Å²) in [5.41, 5.74) is 1.40. The van der Waals surface area contributed by atoms with E-state index < -0.39 is 9.84 Å². The van der Waals surface area contributed by atoms with Gasteiger partial charge in [-0.25, -0.2) is 8.42 Å². The van der Waals surface area contributed by atoms with E-state index in [9.17, 15) is 8.42 Å². The second-order valence-electron chi connectivity index (χ2n) is 2.30. The van der Waals surface area contributed by atoms with Crippen LogP contribution in [-0.2, 0) is 9.84 Å². The number of halogens is 1. The first-order chi connectivity index (χ1) is 5.62. The molecule has 0 aromatic heterocycles. The van der Waals surface area contributed by atoms with Crippen LogP contribution in [0.1, 0.15) is 6.92 Å². The van der Waals surface area contributed by atoms with E-state index in [-0.39, 0.29) is 11.5 Å². The van der Waals surface area contributed by atoms with Crippen molar-refractivity contribution >= 4 is 21.4 Å². The highest BCUT2D eigenvalue weighted by Gasteiger charge is 2.04. The van der Waals surface area contributed by atoms with Crippen LogP contribution in [0.5, 0.6) is 0 Å². The van der Waals surface area contributed by atoms with Gasteiger partial charge >= 0.3 is 0 Å². The molecule has 12 heavy (non-hydrogen) atoms. The molecule has 72 valence electrons. The third-order valence-corrected chi connectivity index (χ3v) is 3.26. The summed E-state index contributed by atoms with van der Waals surface area (Å²) in [7, 11) is -2.83. The van der Waals surface area contributed by atoms with E-state index in [1.807, 2.05) is 0 Å². The van der Waals surface area contributed by atoms with Crippen molar-refractivity contribution in [3.05, 3.63) is 11.6 Å². The molecule has 0 unspecified atom stereocenters. The van der Waals surface area contributed by atoms with Crippen molar-refractivity contribution in [3.63, 3.8) is 0 Å². The van der Waals surface area contributed by atoms with Gasteiger partial charge in [0.05, 0.1) is 5.75 Å². The van der Waals surface area contributed by atoms with Gasteiger partial charge in [0.15, 0.2) is 9.84 Å². The number of hydrogen-bond donors (Lipinski definition) is 1. The predicted octanol–water partition coefficient (Wildman–Crippen LogP) is 0.763. The summed E-state index contributed by atoms with van der Waals surface area (Å²) in [6.45, 7) is 2.74. The topological polar surface area (TPSA) is 46.2 Å². The first kappa shape index (κ1) is 11.9. The van der Waals surface area contributed by atoms with Gasteiger partial charge in [0, 0.05) is 24.4 Å². The summed E-state index contributed by atoms with van der Waals surface area (Å²) in [5, 5.41) is 2.93. The van der Waals surface area contributed by atoms with Crippen LogP contribution >= 0.6 is 11.6 Å². The Hall–Kier alpha value is -0.0600. The molecular formula is C7H14ClNO2S. The molecule has 0 rings (SSSR count). The van der Waals surface area contributed by atoms with Gasteiger partial charge in [0.25, 0.3) is 0 Å². The zero-order valence-corrected chi connectivity index (χ0v) is 8.66. The lowest BCUT2D eigenvalue weighted by molar-refractivity contribution is 0.594. The molecule has 0 heterocycles. The Kier molecular flexibility index (Phi) is 6.42. The van der Waals surface area contributed by atoms with E-state index >= 15 is 0 Å². The third-order valence-electron chi connectivity index (χ3n) is 1.38. The average molecular weight is 212 g/mol. The second kappa shape index (κ2) is 6.46. The van der Waals surface area contributed by atoms with E-state index in [4.69, 9.17) is 11.6 Å². The van der Waals surface area contributed by atoms with Crippen LogP contribution < -0.4 is 5.32 Å². The first-order valence-corrected chi connectivity index (χ1v) is 6.04. The molecule has 0 aromatic rings. The molecule has 0 fully saturated rings. The molecule has 0 aliphatic rings. The molecule has 5 heteroatoms. The first-order valence-electron chi connectivity index (χ1n) is 3.78. The normalized spacial score (nSPS) is 12.5. The van der Waals surface area contributed by atoms with E-state index in [2.05, 4.69) is 5.32 Å². The van der Waals surface area contributed by atoms with Crippen molar-refractivity contribution in [3.8, 4) is 0 Å². The van der Waals surface area contributed by atoms with Crippen molar-refractivity contribution in [2.45, 2.75) is 6.92 Å². The summed E-state index contributed by atoms with van der Waals surface area (Å²) in [6, 6.07) is 0. The summed E-state index contributed by atoms with van der Waals surface area (Å²) >= 11 is 5.26. The SMILES string of the molecule is CCS(=O)(=O)CCNC/C=C/Cl. The Morgan fingerprint density at radius 2 is 2.17 bits per heavy atom. The van der Waals surface area contributed by atoms with Crippen LogP contribution in [-0.4, -0.2) is 33.0 Å². The maximum atomic E-state index is 10.9. The summed E-state index contributed by atoms with van der Waals surface area (Å²) < 4.78 is 21.9. The van der Waals surface area contributed by atoms with Gasteiger partial charge in [-0.2, -0.15) is 0 Å². The lowest BCUT2D eigenvalue weighted by Crippen LogP contribution is -2.23. The molecule has 0 aromatic carbocycles. The van der Waals surface area contributed by atoms with E-state index in [0.717, 1.165) is 0 Å². The fraction of sp³-hybridized carbons (Fsp3) is 0.714. The molecule has 0 saturated carbocycles. The largest absolute Gasteiger partial charge is 0.312 e. The van der Waals surface area contributed by atoms with Crippen molar-refractivity contribution in [2.24, 2.45) is 0 Å². The molecule has 0 saturated heterocycles. The van der Waals surface area contributed by atoms with Crippen molar-refractivity contribution < 1.29 is 8.42 Å². The van der Waals surface area contributed by atoms with Gasteiger partial charge in [-0.1, -0.05) is 24.6 Å². The number of nitrogens with one attached hydrogen (secondary N) is 1. The summed E-state index contributed by atoms with van der Waals surface area (Å²) in [5.74, 6) is 0.402. The van der Waals surface area contributed by atoms with Crippen molar-refractivity contribution in [1.82, 2.24) is 5.32 Å². The zero-order valence-electron chi connectivity index (χ0n) is 7.09. The summed E-state index contributed by atoms with van der Waals surface area (Å²) in [4.78, 5) is 0. The van der Waals surface area contributed by atoms with Gasteiger partial charge in [-0.3, -0.25) is 0 Å². The lowest BCUT2D eigenvalue weighted by Gasteiger charge is -2.00. The minimum atomic E-state index is -2.83. The molecule has 0 spiro atoms. The van der Waals surface area contributed by atoms with Gasteiger partial charge in [0.1, 0.15) is 0 Å². The van der Waals surface area contributed by atoms with Crippen molar-refractivity contribution in [2.75, 3.05) is 24.6 Å². The molecule has 0 radical (unpaired) electrons. The highest BCUT2D eigenvalue weighted by atomic mass is 35.5. The molecule has 0 amide bonds. The van der Waals surface area contributed by atoms with Gasteiger partial charge in [-0.15, -0.1) is 0 Å². The minimum absolute atomic E-state index is 0.194. The van der Waals surface area contributed by atoms with Crippen LogP contribution in [0.3, 0.4) is 0 Å². The van der Waals surface area contributed by atoms with Gasteiger partial charge < -0.3 is 5.32 Å². The molecule has 0 aliphatic heterocycles. The van der Waals surface area contributed by atoms with Crippen molar-refractivity contribution in [1.29, 1.82) is 0 Å². The molecule has 1 N–H and O–H groups in total. The number of sulfone groups is 1. The van der Waals surface area contributed by atoms with Gasteiger partial charge in [-0.05, 0) is 0 Å². The minimum Gasteiger partial charge on any atom is -0.312 e. The fourth-order valence-electron chi connectivity index (χ4n) is 0.602. The third kappa shape index (κ3) is 6.64. The second-order valence-corrected chi connectivity index (χ2v) is 5.03. The Bertz CT molecular complexity index is 224. The Labute approximate surface area is 78.7 Å². The number of rotatable bonds is 6. The quantitative estimate of drug-likeness (QED) is 0.660. The Balaban J connectivity index is 3.44. The maximum absolute atomic E-state index is 10.9. The maximum Gasteiger partial charge on any atom is 0.151 e. The predicted molar refractivity (Wildman–Crippen MR) is 52.2 cm³/mol.